The molecule has 0 bridgehead atoms. The molecule has 5 rings (SSSR count). The highest BCUT2D eigenvalue weighted by Crippen LogP contribution is 2.40. The molecule has 4 aromatic rings. The Morgan fingerprint density at radius 1 is 0.659 bits per heavy atom. The van der Waals surface area contributed by atoms with Crippen molar-refractivity contribution in [1.82, 2.24) is 9.97 Å². The van der Waals surface area contributed by atoms with Crippen molar-refractivity contribution in [3.8, 4) is 0 Å². The van der Waals surface area contributed by atoms with Gasteiger partial charge in [-0.1, -0.05) is 39.8 Å². The molecule has 2 aromatic heterocycles. The van der Waals surface area contributed by atoms with Gasteiger partial charge in [-0.3, -0.25) is 19.2 Å². The molecule has 0 amide bonds. The normalized spacial score (nSPS) is 16.9. The van der Waals surface area contributed by atoms with E-state index in [4.69, 9.17) is 0 Å². The first-order chi connectivity index (χ1) is 20.8. The molecule has 1 aliphatic rings. The molecule has 2 heterocycles. The van der Waals surface area contributed by atoms with Crippen LogP contribution in [0.5, 0.6) is 0 Å². The molecule has 228 valence electrons. The Kier molecular flexibility index (Phi) is 7.94. The third-order valence-corrected chi connectivity index (χ3v) is 9.06. The summed E-state index contributed by atoms with van der Waals surface area (Å²) in [5, 5.41) is 41.9. The minimum atomic E-state index is -0.912. The summed E-state index contributed by atoms with van der Waals surface area (Å²) in [4.78, 5) is 55.9. The van der Waals surface area contributed by atoms with Crippen molar-refractivity contribution < 1.29 is 39.6 Å². The van der Waals surface area contributed by atoms with E-state index in [9.17, 15) is 39.6 Å². The van der Waals surface area contributed by atoms with Gasteiger partial charge in [0.25, 0.3) is 0 Å². The highest BCUT2D eigenvalue weighted by Gasteiger charge is 2.38. The number of aliphatic carboxylic acids is 2. The van der Waals surface area contributed by atoms with Crippen molar-refractivity contribution in [2.75, 3.05) is 0 Å². The number of aliphatic hydroxyl groups excluding tert-OH is 2. The molecule has 10 nitrogen and oxygen atoms in total. The Balaban J connectivity index is 1.55. The fourth-order valence-electron chi connectivity index (χ4n) is 6.00. The molecule has 4 unspecified atom stereocenters. The zero-order valence-electron chi connectivity index (χ0n) is 24.8. The Morgan fingerprint density at radius 3 is 1.36 bits per heavy atom. The third kappa shape index (κ3) is 5.27. The standard InChI is InChI=1S/C34H34N2O8/c1-15(9-27(37)38)17(3)19-5-7-25-21(11-19)23(13-35-25)29-31(41)33(43)30(34(44)32(29)42)24-14-36-26-8-6-20(12-22(24)26)18(4)16(2)10-28(39)40/h5-8,11-18,35-36,41,44H,9-10H2,1-4H3,(H,37,38)(H,39,40). The molecule has 0 aliphatic heterocycles. The maximum absolute atomic E-state index is 13.7. The molecule has 1 aliphatic carbocycles. The number of carbonyl (C=O) groups excluding carboxylic acids is 2. The molecule has 44 heavy (non-hydrogen) atoms. The van der Waals surface area contributed by atoms with Gasteiger partial charge in [-0.15, -0.1) is 0 Å². The van der Waals surface area contributed by atoms with Crippen LogP contribution in [0.2, 0.25) is 0 Å². The van der Waals surface area contributed by atoms with E-state index in [0.717, 1.165) is 11.1 Å². The summed E-state index contributed by atoms with van der Waals surface area (Å²) < 4.78 is 0. The minimum Gasteiger partial charge on any atom is -0.504 e. The predicted octanol–water partition coefficient (Wildman–Crippen LogP) is 6.47. The largest absolute Gasteiger partial charge is 0.504 e. The van der Waals surface area contributed by atoms with Gasteiger partial charge >= 0.3 is 11.9 Å². The van der Waals surface area contributed by atoms with Gasteiger partial charge in [-0.05, 0) is 59.1 Å². The highest BCUT2D eigenvalue weighted by atomic mass is 16.4. The molecular formula is C34H34N2O8. The summed E-state index contributed by atoms with van der Waals surface area (Å²) >= 11 is 0. The quantitative estimate of drug-likeness (QED) is 0.112. The van der Waals surface area contributed by atoms with Crippen molar-refractivity contribution in [3.63, 3.8) is 0 Å². The summed E-state index contributed by atoms with van der Waals surface area (Å²) in [6, 6.07) is 10.9. The summed E-state index contributed by atoms with van der Waals surface area (Å²) in [6.07, 6.45) is 2.95. The minimum absolute atomic E-state index is 0.0187. The van der Waals surface area contributed by atoms with Gasteiger partial charge in [0.05, 0.1) is 11.1 Å². The van der Waals surface area contributed by atoms with Crippen LogP contribution >= 0.6 is 0 Å². The van der Waals surface area contributed by atoms with Crippen LogP contribution in [0.25, 0.3) is 33.0 Å². The highest BCUT2D eigenvalue weighted by molar-refractivity contribution is 6.48. The van der Waals surface area contributed by atoms with E-state index in [1.54, 1.807) is 24.3 Å². The Bertz CT molecular complexity index is 1770. The number of aromatic nitrogens is 2. The number of allylic oxidation sites excluding steroid dienone is 2. The number of fused-ring (bicyclic) bond motifs is 2. The first kappa shape index (κ1) is 30.3. The van der Waals surface area contributed by atoms with E-state index in [-0.39, 0.29) is 58.8 Å². The third-order valence-electron chi connectivity index (χ3n) is 9.06. The lowest BCUT2D eigenvalue weighted by molar-refractivity contribution is -0.139. The van der Waals surface area contributed by atoms with E-state index in [1.165, 1.54) is 12.4 Å². The molecule has 6 N–H and O–H groups in total. The summed E-state index contributed by atoms with van der Waals surface area (Å²) in [5.74, 6) is -5.83. The molecule has 10 heteroatoms. The van der Waals surface area contributed by atoms with E-state index in [1.807, 2.05) is 39.8 Å². The molecule has 0 spiro atoms. The van der Waals surface area contributed by atoms with Crippen molar-refractivity contribution in [2.45, 2.75) is 52.4 Å². The van der Waals surface area contributed by atoms with Crippen LogP contribution in [-0.2, 0) is 19.2 Å². The average molecular weight is 599 g/mol. The van der Waals surface area contributed by atoms with Crippen LogP contribution < -0.4 is 0 Å². The second-order valence-corrected chi connectivity index (χ2v) is 11.8. The maximum Gasteiger partial charge on any atom is 0.303 e. The number of benzene rings is 2. The first-order valence-electron chi connectivity index (χ1n) is 14.4. The number of H-pyrrole nitrogens is 2. The number of rotatable bonds is 10. The average Bonchev–Trinajstić information content (AvgIpc) is 3.58. The fourth-order valence-corrected chi connectivity index (χ4v) is 6.00. The van der Waals surface area contributed by atoms with Crippen molar-refractivity contribution in [3.05, 3.63) is 82.6 Å². The van der Waals surface area contributed by atoms with Crippen LogP contribution in [0.1, 0.15) is 74.6 Å². The Morgan fingerprint density at radius 2 is 1.02 bits per heavy atom. The summed E-state index contributed by atoms with van der Waals surface area (Å²) in [5.41, 5.74) is 2.73. The number of hydrogen-bond donors (Lipinski definition) is 6. The van der Waals surface area contributed by atoms with Crippen LogP contribution in [0.4, 0.5) is 0 Å². The summed E-state index contributed by atoms with van der Waals surface area (Å²) in [6.45, 7) is 7.50. The number of nitrogens with one attached hydrogen (secondary N) is 2. The monoisotopic (exact) mass is 598 g/mol. The number of aliphatic hydroxyl groups is 2. The number of hydrogen-bond acceptors (Lipinski definition) is 6. The second-order valence-electron chi connectivity index (χ2n) is 11.8. The molecule has 4 atom stereocenters. The van der Waals surface area contributed by atoms with Crippen LogP contribution in [0.15, 0.2) is 60.3 Å². The van der Waals surface area contributed by atoms with Gasteiger partial charge in [-0.25, -0.2) is 0 Å². The van der Waals surface area contributed by atoms with E-state index >= 15 is 0 Å². The van der Waals surface area contributed by atoms with Gasteiger partial charge in [0.2, 0.25) is 11.6 Å². The molecule has 2 aromatic carbocycles. The number of Topliss-reactive ketones (excluding diaryl/α,β-unsaturated/α-hetero) is 2. The predicted molar refractivity (Wildman–Crippen MR) is 165 cm³/mol. The molecule has 0 saturated carbocycles. The number of carbonyl (C=O) groups is 4. The van der Waals surface area contributed by atoms with E-state index in [0.29, 0.717) is 21.8 Å². The SMILES string of the molecule is CC(CC(=O)O)C(C)c1ccc2[nH]cc(C3=C(O)C(=O)C(c4c[nH]c5ccc(C(C)C(C)CC(=O)O)cc45)=C(O)C3=O)c2c1. The Hall–Kier alpha value is -5.12. The molecule has 0 fully saturated rings. The van der Waals surface area contributed by atoms with Crippen LogP contribution in [-0.4, -0.2) is 53.9 Å². The van der Waals surface area contributed by atoms with Gasteiger partial charge in [0.1, 0.15) is 0 Å². The zero-order valence-corrected chi connectivity index (χ0v) is 24.8. The van der Waals surface area contributed by atoms with E-state index in [2.05, 4.69) is 9.97 Å². The number of carboxylic acid groups (broad SMARTS) is 2. The summed E-state index contributed by atoms with van der Waals surface area (Å²) in [7, 11) is 0. The number of ketones is 2. The fraction of sp³-hybridized carbons (Fsp3) is 0.294. The van der Waals surface area contributed by atoms with Gasteiger partial charge in [0, 0.05) is 58.2 Å². The number of carboxylic acids is 2. The van der Waals surface area contributed by atoms with E-state index < -0.39 is 35.0 Å². The van der Waals surface area contributed by atoms with Crippen molar-refractivity contribution in [2.24, 2.45) is 11.8 Å². The molecule has 0 radical (unpaired) electrons. The van der Waals surface area contributed by atoms with Crippen molar-refractivity contribution >= 4 is 56.5 Å². The smallest absolute Gasteiger partial charge is 0.303 e. The van der Waals surface area contributed by atoms with Crippen molar-refractivity contribution in [1.29, 1.82) is 0 Å². The lowest BCUT2D eigenvalue weighted by Gasteiger charge is -2.20. The topological polar surface area (TPSA) is 181 Å². The van der Waals surface area contributed by atoms with Crippen LogP contribution in [0.3, 0.4) is 0 Å². The second kappa shape index (κ2) is 11.5. The Labute approximate surface area is 252 Å². The number of aromatic amines is 2. The first-order valence-corrected chi connectivity index (χ1v) is 14.4. The molecular weight excluding hydrogens is 564 g/mol. The van der Waals surface area contributed by atoms with Crippen LogP contribution in [0, 0.1) is 11.8 Å². The lowest BCUT2D eigenvalue weighted by Crippen LogP contribution is -2.22. The molecule has 0 saturated heterocycles. The maximum atomic E-state index is 13.7. The van der Waals surface area contributed by atoms with Gasteiger partial charge < -0.3 is 30.4 Å². The van der Waals surface area contributed by atoms with Gasteiger partial charge in [-0.2, -0.15) is 0 Å². The zero-order chi connectivity index (χ0) is 32.0. The lowest BCUT2D eigenvalue weighted by atomic mass is 9.83. The van der Waals surface area contributed by atoms with Gasteiger partial charge in [0.15, 0.2) is 11.5 Å².